The Morgan fingerprint density at radius 3 is 1.91 bits per heavy atom. The van der Waals surface area contributed by atoms with E-state index in [1.165, 1.54) is 34.8 Å². The van der Waals surface area contributed by atoms with E-state index in [0.29, 0.717) is 0 Å². The average Bonchev–Trinajstić information content (AvgIpc) is 3.29. The van der Waals surface area contributed by atoms with Crippen LogP contribution >= 0.6 is 58.2 Å². The van der Waals surface area contributed by atoms with E-state index in [4.69, 9.17) is 79.6 Å². The molecule has 3 saturated heterocycles. The molecule has 0 aromatic carbocycles. The fourth-order valence-corrected chi connectivity index (χ4v) is 5.94. The summed E-state index contributed by atoms with van der Waals surface area (Å²) in [6.45, 7) is 7.24. The van der Waals surface area contributed by atoms with Crippen LogP contribution in [0.1, 0.15) is 41.5 Å². The van der Waals surface area contributed by atoms with Crippen molar-refractivity contribution in [3.63, 3.8) is 0 Å². The molecular weight excluding hydrogens is 710 g/mol. The van der Waals surface area contributed by atoms with Crippen molar-refractivity contribution in [1.29, 1.82) is 0 Å². The summed E-state index contributed by atoms with van der Waals surface area (Å²) in [4.78, 5) is 74.2. The smallest absolute Gasteiger partial charge is 0.416 e. The first-order valence-electron chi connectivity index (χ1n) is 13.0. The summed E-state index contributed by atoms with van der Waals surface area (Å²) in [6, 6.07) is -2.20. The first kappa shape index (κ1) is 41.1. The number of fused-ring (bicyclic) bond motifs is 1. The average molecular weight is 746 g/mol. The predicted molar refractivity (Wildman–Crippen MR) is 162 cm³/mol. The summed E-state index contributed by atoms with van der Waals surface area (Å²) >= 11 is 20.1. The molecule has 0 radical (unpaired) electrons. The molecule has 3 aliphatic rings. The largest absolute Gasteiger partial charge is 0.463 e. The van der Waals surface area contributed by atoms with E-state index >= 15 is 0 Å². The molecule has 0 aromatic heterocycles. The van der Waals surface area contributed by atoms with E-state index in [9.17, 15) is 28.8 Å². The van der Waals surface area contributed by atoms with Crippen molar-refractivity contribution in [2.75, 3.05) is 30.1 Å². The standard InChI is InChI=1S/C23H32N2O13S.2CH2Cl2/c1-10(26)24-16-18(35-13(4)29)17(34-12(3)28)15(8-33-11(2)27)36-20(16)39-9-14-19(30)37-22(5)23(6,32-7)38-21(31)25(14)22;2*2-1-3/h14-18,20H,8-9H2,1-7H3,(H,24,26);2*1H2/t14-,15+,16+,17-,18+,20+,22+,23-;;/m0../s1. The highest BCUT2D eigenvalue weighted by molar-refractivity contribution is 7.99. The van der Waals surface area contributed by atoms with Gasteiger partial charge in [0.25, 0.3) is 11.5 Å². The molecule has 0 bridgehead atoms. The molecular formula is C25H36Cl4N2O13S. The number of esters is 4. The summed E-state index contributed by atoms with van der Waals surface area (Å²) < 4.78 is 38.2. The second-order valence-electron chi connectivity index (χ2n) is 9.56. The Hall–Kier alpha value is -1.95. The van der Waals surface area contributed by atoms with Crippen LogP contribution in [0.4, 0.5) is 4.79 Å². The highest BCUT2D eigenvalue weighted by atomic mass is 35.5. The van der Waals surface area contributed by atoms with Crippen LogP contribution in [0.3, 0.4) is 0 Å². The number of methoxy groups -OCH3 is 1. The Morgan fingerprint density at radius 1 is 0.911 bits per heavy atom. The van der Waals surface area contributed by atoms with Crippen molar-refractivity contribution >= 4 is 94.0 Å². The van der Waals surface area contributed by atoms with Crippen molar-refractivity contribution in [3.05, 3.63) is 0 Å². The van der Waals surface area contributed by atoms with Crippen LogP contribution in [0.25, 0.3) is 0 Å². The summed E-state index contributed by atoms with van der Waals surface area (Å²) in [5.41, 5.74) is -2.58. The highest BCUT2D eigenvalue weighted by Crippen LogP contribution is 2.47. The molecule has 1 N–H and O–H groups in total. The van der Waals surface area contributed by atoms with Gasteiger partial charge in [0.15, 0.2) is 12.2 Å². The number of carbonyl (C=O) groups excluding carboxylic acids is 6. The number of alkyl halides is 4. The van der Waals surface area contributed by atoms with Gasteiger partial charge in [0, 0.05) is 54.4 Å². The number of nitrogens with zero attached hydrogens (tertiary/aromatic N) is 1. The van der Waals surface area contributed by atoms with E-state index in [1.54, 1.807) is 0 Å². The van der Waals surface area contributed by atoms with Gasteiger partial charge in [-0.2, -0.15) is 0 Å². The van der Waals surface area contributed by atoms with Crippen LogP contribution in [0, 0.1) is 0 Å². The normalized spacial score (nSPS) is 31.5. The molecule has 20 heteroatoms. The lowest BCUT2D eigenvalue weighted by molar-refractivity contribution is -0.255. The van der Waals surface area contributed by atoms with Crippen LogP contribution in [-0.2, 0) is 57.1 Å². The number of hydrogen-bond donors (Lipinski definition) is 1. The summed E-state index contributed by atoms with van der Waals surface area (Å²) in [6.07, 6.45) is -4.45. The Bertz CT molecular complexity index is 1090. The van der Waals surface area contributed by atoms with E-state index in [-0.39, 0.29) is 23.0 Å². The molecule has 3 heterocycles. The molecule has 258 valence electrons. The Labute approximate surface area is 284 Å². The maximum atomic E-state index is 12.9. The van der Waals surface area contributed by atoms with Crippen molar-refractivity contribution in [2.24, 2.45) is 0 Å². The number of nitrogens with one attached hydrogen (secondary N) is 1. The van der Waals surface area contributed by atoms with Crippen LogP contribution in [0.5, 0.6) is 0 Å². The molecule has 3 fully saturated rings. The van der Waals surface area contributed by atoms with Gasteiger partial charge in [-0.15, -0.1) is 58.2 Å². The third-order valence-electron chi connectivity index (χ3n) is 6.54. The van der Waals surface area contributed by atoms with Gasteiger partial charge in [-0.3, -0.25) is 19.2 Å². The third kappa shape index (κ3) is 10.5. The van der Waals surface area contributed by atoms with Gasteiger partial charge >= 0.3 is 30.0 Å². The van der Waals surface area contributed by atoms with Gasteiger partial charge in [-0.1, -0.05) is 0 Å². The first-order chi connectivity index (χ1) is 21.0. The number of carbonyl (C=O) groups is 6. The summed E-state index contributed by atoms with van der Waals surface area (Å²) in [5.74, 6) is -5.01. The van der Waals surface area contributed by atoms with Gasteiger partial charge in [-0.25, -0.2) is 14.5 Å². The Balaban J connectivity index is 0.00000156. The fraction of sp³-hybridized carbons (Fsp3) is 0.760. The molecule has 0 spiro atoms. The number of halogens is 4. The molecule has 45 heavy (non-hydrogen) atoms. The van der Waals surface area contributed by atoms with Gasteiger partial charge in [0.1, 0.15) is 30.2 Å². The zero-order valence-corrected chi connectivity index (χ0v) is 29.3. The molecule has 0 saturated carbocycles. The van der Waals surface area contributed by atoms with Crippen LogP contribution in [-0.4, -0.2) is 118 Å². The van der Waals surface area contributed by atoms with Gasteiger partial charge < -0.3 is 38.5 Å². The minimum Gasteiger partial charge on any atom is -0.463 e. The van der Waals surface area contributed by atoms with E-state index in [2.05, 4.69) is 5.32 Å². The lowest BCUT2D eigenvalue weighted by Crippen LogP contribution is -2.65. The molecule has 8 atom stereocenters. The van der Waals surface area contributed by atoms with Crippen molar-refractivity contribution in [3.8, 4) is 0 Å². The van der Waals surface area contributed by atoms with Crippen LogP contribution < -0.4 is 5.32 Å². The van der Waals surface area contributed by atoms with E-state index in [1.807, 2.05) is 0 Å². The molecule has 15 nitrogen and oxygen atoms in total. The molecule has 3 aliphatic heterocycles. The quantitative estimate of drug-likeness (QED) is 0.207. The SMILES string of the molecule is CO[C@@]1(C)OC(=O)N2[C@@H](CS[C@H]3O[C@H](COC(C)=O)[C@H](OC(C)=O)[C@H](OC(C)=O)[C@H]3NC(C)=O)C(=O)O[C@@]21C.ClCCl.ClCCl. The van der Waals surface area contributed by atoms with Crippen LogP contribution in [0.15, 0.2) is 0 Å². The second-order valence-corrected chi connectivity index (χ2v) is 12.3. The number of cyclic esters (lactones) is 1. The fourth-order valence-electron chi connectivity index (χ4n) is 4.63. The lowest BCUT2D eigenvalue weighted by Gasteiger charge is -2.45. The number of hydrogen-bond acceptors (Lipinski definition) is 14. The lowest BCUT2D eigenvalue weighted by atomic mass is 9.97. The zero-order valence-electron chi connectivity index (χ0n) is 25.5. The molecule has 0 aliphatic carbocycles. The van der Waals surface area contributed by atoms with Crippen molar-refractivity contribution < 1.29 is 61.9 Å². The number of thioether (sulfide) groups is 1. The topological polar surface area (TPSA) is 182 Å². The number of ether oxygens (including phenoxy) is 7. The van der Waals surface area contributed by atoms with E-state index < -0.39 is 83.2 Å². The maximum absolute atomic E-state index is 12.9. The molecule has 2 amide bonds. The maximum Gasteiger partial charge on any atom is 0.416 e. The second kappa shape index (κ2) is 18.4. The first-order valence-corrected chi connectivity index (χ1v) is 16.2. The van der Waals surface area contributed by atoms with Gasteiger partial charge in [-0.05, 0) is 0 Å². The molecule has 0 aromatic rings. The summed E-state index contributed by atoms with van der Waals surface area (Å²) in [5, 5.41) is 3.03. The van der Waals surface area contributed by atoms with Gasteiger partial charge in [0.2, 0.25) is 5.91 Å². The highest BCUT2D eigenvalue weighted by Gasteiger charge is 2.71. The Kier molecular flexibility index (Phi) is 16.8. The minimum atomic E-state index is -1.56. The minimum absolute atomic E-state index is 0.102. The van der Waals surface area contributed by atoms with Gasteiger partial charge in [0.05, 0.1) is 10.7 Å². The summed E-state index contributed by atoms with van der Waals surface area (Å²) in [7, 11) is 1.31. The zero-order chi connectivity index (χ0) is 34.7. The predicted octanol–water partition coefficient (Wildman–Crippen LogP) is 2.68. The monoisotopic (exact) mass is 744 g/mol. The molecule has 3 rings (SSSR count). The van der Waals surface area contributed by atoms with Crippen LogP contribution in [0.2, 0.25) is 0 Å². The van der Waals surface area contributed by atoms with Crippen molar-refractivity contribution in [2.45, 2.75) is 88.9 Å². The third-order valence-corrected chi connectivity index (χ3v) is 7.78. The van der Waals surface area contributed by atoms with E-state index in [0.717, 1.165) is 30.5 Å². The Morgan fingerprint density at radius 2 is 1.44 bits per heavy atom. The number of amides is 2. The van der Waals surface area contributed by atoms with Crippen molar-refractivity contribution in [1.82, 2.24) is 10.2 Å². The number of rotatable bonds is 9. The molecule has 0 unspecified atom stereocenters.